The Bertz CT molecular complexity index is 1450. The fourth-order valence-electron chi connectivity index (χ4n) is 6.76. The third-order valence-corrected chi connectivity index (χ3v) is 10.3. The van der Waals surface area contributed by atoms with Gasteiger partial charge < -0.3 is 14.8 Å². The molecule has 0 bridgehead atoms. The van der Waals surface area contributed by atoms with E-state index in [0.717, 1.165) is 28.3 Å². The molecule has 1 N–H and O–H groups in total. The van der Waals surface area contributed by atoms with Crippen molar-refractivity contribution in [2.75, 3.05) is 19.8 Å². The topological polar surface area (TPSA) is 30.5 Å². The predicted molar refractivity (Wildman–Crippen MR) is 197 cm³/mol. The summed E-state index contributed by atoms with van der Waals surface area (Å²) in [5.41, 5.74) is 7.76. The Morgan fingerprint density at radius 1 is 0.644 bits per heavy atom. The lowest BCUT2D eigenvalue weighted by molar-refractivity contribution is 0.0572. The Hall–Kier alpha value is -1.99. The third-order valence-electron chi connectivity index (χ3n) is 9.27. The van der Waals surface area contributed by atoms with Crippen LogP contribution in [0.3, 0.4) is 0 Å². The number of rotatable bonds is 14. The van der Waals surface area contributed by atoms with Gasteiger partial charge in [-0.3, -0.25) is 0 Å². The molecule has 0 spiro atoms. The quantitative estimate of drug-likeness (QED) is 0.139. The Labute approximate surface area is 293 Å². The number of nitrogens with one attached hydrogen (secondary N) is 1. The van der Waals surface area contributed by atoms with Gasteiger partial charge in [-0.05, 0) is 84.3 Å². The smallest absolute Gasteiger partial charge is 0.0717 e. The van der Waals surface area contributed by atoms with Crippen molar-refractivity contribution < 1.29 is 9.47 Å². The minimum Gasteiger partial charge on any atom is -0.376 e. The molecule has 0 heterocycles. The Balaban J connectivity index is 0.00000461. The van der Waals surface area contributed by atoms with E-state index in [9.17, 15) is 0 Å². The van der Waals surface area contributed by atoms with E-state index >= 15 is 0 Å². The number of hydrogen-bond acceptors (Lipinski definition) is 3. The van der Waals surface area contributed by atoms with Gasteiger partial charge in [0.25, 0.3) is 0 Å². The van der Waals surface area contributed by atoms with Crippen LogP contribution in [0.2, 0.25) is 0 Å². The van der Waals surface area contributed by atoms with Crippen LogP contribution in [0.25, 0.3) is 0 Å². The highest BCUT2D eigenvalue weighted by atomic mass is 79.9. The van der Waals surface area contributed by atoms with Crippen LogP contribution < -0.4 is 5.32 Å². The molecule has 6 heteroatoms. The third kappa shape index (κ3) is 10.00. The van der Waals surface area contributed by atoms with Crippen molar-refractivity contribution in [3.8, 4) is 0 Å². The summed E-state index contributed by atoms with van der Waals surface area (Å²) in [7, 11) is 0. The van der Waals surface area contributed by atoms with E-state index in [4.69, 9.17) is 9.47 Å². The molecule has 4 aromatic rings. The normalized spacial score (nSPS) is 15.6. The fourth-order valence-corrected chi connectivity index (χ4v) is 7.29. The van der Waals surface area contributed by atoms with E-state index in [2.05, 4.69) is 148 Å². The van der Waals surface area contributed by atoms with Crippen molar-refractivity contribution in [3.63, 3.8) is 0 Å². The number of ether oxygens (including phenoxy) is 2. The van der Waals surface area contributed by atoms with Crippen molar-refractivity contribution in [1.82, 2.24) is 5.32 Å². The fraction of sp³-hybridized carbons (Fsp3) is 0.385. The lowest BCUT2D eigenvalue weighted by Crippen LogP contribution is -2.54. The molecule has 2 atom stereocenters. The first-order chi connectivity index (χ1) is 21.4. The average Bonchev–Trinajstić information content (AvgIpc) is 3.04. The van der Waals surface area contributed by atoms with Gasteiger partial charge in [0.15, 0.2) is 0 Å². The zero-order valence-electron chi connectivity index (χ0n) is 26.4. The highest BCUT2D eigenvalue weighted by Gasteiger charge is 2.41. The van der Waals surface area contributed by atoms with Gasteiger partial charge in [-0.1, -0.05) is 124 Å². The van der Waals surface area contributed by atoms with E-state index in [1.807, 2.05) is 0 Å². The number of aryl methyl sites for hydroxylation is 2. The molecule has 1 saturated carbocycles. The molecule has 0 amide bonds. The summed E-state index contributed by atoms with van der Waals surface area (Å²) < 4.78 is 15.1. The van der Waals surface area contributed by atoms with Gasteiger partial charge in [0.2, 0.25) is 0 Å². The Kier molecular flexibility index (Phi) is 14.2. The van der Waals surface area contributed by atoms with Crippen LogP contribution >= 0.6 is 44.3 Å². The highest BCUT2D eigenvalue weighted by molar-refractivity contribution is 9.10. The van der Waals surface area contributed by atoms with Crippen LogP contribution in [0, 0.1) is 13.8 Å². The molecule has 1 fully saturated rings. The monoisotopic (exact) mass is 753 g/mol. The Morgan fingerprint density at radius 2 is 1.13 bits per heavy atom. The summed E-state index contributed by atoms with van der Waals surface area (Å²) in [6, 6.07) is 34.6. The molecule has 0 radical (unpaired) electrons. The lowest BCUT2D eigenvalue weighted by Gasteiger charge is -2.46. The standard InChI is InChI=1S/C39H45Br2NO2.ClH/c1-29-10-4-6-12-36(29)33(27-43-25-31-14-18-34(40)19-15-31)24-42-39(22-8-3-9-23-39)38(37-13-7-5-11-30(37)2)28-44-26-32-16-20-35(41)21-17-32;/h4-7,10-21,33,38,42H,3,8-9,22-28H2,1-2H3;1H. The van der Waals surface area contributed by atoms with Gasteiger partial charge >= 0.3 is 0 Å². The maximum absolute atomic E-state index is 6.56. The maximum Gasteiger partial charge on any atom is 0.0717 e. The largest absolute Gasteiger partial charge is 0.376 e. The second-order valence-corrected chi connectivity index (χ2v) is 14.2. The van der Waals surface area contributed by atoms with Crippen LogP contribution in [0.5, 0.6) is 0 Å². The van der Waals surface area contributed by atoms with E-state index in [0.29, 0.717) is 26.4 Å². The first kappa shape index (κ1) is 35.9. The zero-order chi connectivity index (χ0) is 30.8. The number of hydrogen-bond donors (Lipinski definition) is 1. The summed E-state index contributed by atoms with van der Waals surface area (Å²) in [6.45, 7) is 7.90. The molecule has 1 aliphatic rings. The highest BCUT2D eigenvalue weighted by Crippen LogP contribution is 2.42. The first-order valence-electron chi connectivity index (χ1n) is 15.9. The molecule has 2 unspecified atom stereocenters. The molecule has 5 rings (SSSR count). The molecular formula is C39H46Br2ClNO2. The molecular weight excluding hydrogens is 710 g/mol. The van der Waals surface area contributed by atoms with Crippen molar-refractivity contribution in [1.29, 1.82) is 0 Å². The lowest BCUT2D eigenvalue weighted by atomic mass is 9.69. The summed E-state index contributed by atoms with van der Waals surface area (Å²) in [5.74, 6) is 0.493. The van der Waals surface area contributed by atoms with Crippen molar-refractivity contribution in [2.45, 2.75) is 76.5 Å². The van der Waals surface area contributed by atoms with Gasteiger partial charge in [-0.25, -0.2) is 0 Å². The van der Waals surface area contributed by atoms with Gasteiger partial charge in [0.05, 0.1) is 26.4 Å². The molecule has 240 valence electrons. The van der Waals surface area contributed by atoms with E-state index in [-0.39, 0.29) is 29.8 Å². The van der Waals surface area contributed by atoms with Crippen molar-refractivity contribution in [2.24, 2.45) is 0 Å². The van der Waals surface area contributed by atoms with Crippen molar-refractivity contribution >= 4 is 44.3 Å². The van der Waals surface area contributed by atoms with Gasteiger partial charge in [0, 0.05) is 32.9 Å². The van der Waals surface area contributed by atoms with Crippen LogP contribution in [-0.4, -0.2) is 25.3 Å². The molecule has 0 saturated heterocycles. The Morgan fingerprint density at radius 3 is 1.67 bits per heavy atom. The van der Waals surface area contributed by atoms with Crippen LogP contribution in [0.1, 0.15) is 77.3 Å². The van der Waals surface area contributed by atoms with Gasteiger partial charge in [0.1, 0.15) is 0 Å². The molecule has 0 aromatic heterocycles. The molecule has 3 nitrogen and oxygen atoms in total. The van der Waals surface area contributed by atoms with E-state index in [1.165, 1.54) is 52.6 Å². The summed E-state index contributed by atoms with van der Waals surface area (Å²) in [5, 5.41) is 4.23. The van der Waals surface area contributed by atoms with E-state index < -0.39 is 0 Å². The van der Waals surface area contributed by atoms with Gasteiger partial charge in [-0.2, -0.15) is 0 Å². The van der Waals surface area contributed by atoms with Crippen LogP contribution in [0.4, 0.5) is 0 Å². The first-order valence-corrected chi connectivity index (χ1v) is 17.5. The predicted octanol–water partition coefficient (Wildman–Crippen LogP) is 10.8. The minimum atomic E-state index is -0.0449. The second kappa shape index (κ2) is 17.8. The van der Waals surface area contributed by atoms with Crippen LogP contribution in [-0.2, 0) is 22.7 Å². The number of benzene rings is 4. The SMILES string of the molecule is Cc1ccccc1C(CNC1(C(COCc2ccc(Br)cc2)c2ccccc2C)CCCCC1)COCc1ccc(Br)cc1.Cl. The summed E-state index contributed by atoms with van der Waals surface area (Å²) in [6.07, 6.45) is 6.05. The average molecular weight is 756 g/mol. The molecule has 45 heavy (non-hydrogen) atoms. The van der Waals surface area contributed by atoms with E-state index in [1.54, 1.807) is 0 Å². The summed E-state index contributed by atoms with van der Waals surface area (Å²) in [4.78, 5) is 0. The minimum absolute atomic E-state index is 0. The molecule has 4 aromatic carbocycles. The molecule has 1 aliphatic carbocycles. The second-order valence-electron chi connectivity index (χ2n) is 12.3. The van der Waals surface area contributed by atoms with Crippen molar-refractivity contribution in [3.05, 3.63) is 139 Å². The van der Waals surface area contributed by atoms with Crippen LogP contribution in [0.15, 0.2) is 106 Å². The maximum atomic E-state index is 6.56. The number of halogens is 3. The molecule has 0 aliphatic heterocycles. The van der Waals surface area contributed by atoms with Gasteiger partial charge in [-0.15, -0.1) is 12.4 Å². The zero-order valence-corrected chi connectivity index (χ0v) is 30.4. The summed E-state index contributed by atoms with van der Waals surface area (Å²) >= 11 is 7.10.